The quantitative estimate of drug-likeness (QED) is 0.221. The minimum absolute atomic E-state index is 0.162. The minimum Gasteiger partial charge on any atom is -0.490 e. The van der Waals surface area contributed by atoms with Crippen molar-refractivity contribution in [2.24, 2.45) is 11.8 Å². The van der Waals surface area contributed by atoms with Crippen LogP contribution >= 0.6 is 0 Å². The van der Waals surface area contributed by atoms with E-state index in [0.29, 0.717) is 41.9 Å². The SMILES string of the molecule is COC(=O)C(CO)NCC(CC(C)C)N1C(=O)C(CC(C)C)=C(c2ccc(OCC=C(C)C)cc2)C1=O. The van der Waals surface area contributed by atoms with Crippen molar-refractivity contribution in [2.75, 3.05) is 26.9 Å². The third-order valence-electron chi connectivity index (χ3n) is 6.09. The highest BCUT2D eigenvalue weighted by Crippen LogP contribution is 2.35. The van der Waals surface area contributed by atoms with E-state index in [-0.39, 0.29) is 30.2 Å². The zero-order valence-corrected chi connectivity index (χ0v) is 23.2. The summed E-state index contributed by atoms with van der Waals surface area (Å²) in [5.41, 5.74) is 2.75. The summed E-state index contributed by atoms with van der Waals surface area (Å²) >= 11 is 0. The van der Waals surface area contributed by atoms with E-state index < -0.39 is 24.7 Å². The molecule has 0 bridgehead atoms. The molecule has 1 aromatic rings. The molecular formula is C29H42N2O6. The van der Waals surface area contributed by atoms with Crippen LogP contribution in [0.1, 0.15) is 59.9 Å². The molecule has 0 spiro atoms. The van der Waals surface area contributed by atoms with E-state index in [0.717, 1.165) is 5.57 Å². The number of allylic oxidation sites excluding steroid dienone is 1. The number of aliphatic hydroxyl groups excluding tert-OH is 1. The fourth-order valence-electron chi connectivity index (χ4n) is 4.31. The molecule has 1 aromatic carbocycles. The molecule has 0 aromatic heterocycles. The van der Waals surface area contributed by atoms with Crippen LogP contribution in [0.15, 0.2) is 41.5 Å². The monoisotopic (exact) mass is 514 g/mol. The van der Waals surface area contributed by atoms with Crippen molar-refractivity contribution < 1.29 is 29.0 Å². The van der Waals surface area contributed by atoms with Gasteiger partial charge >= 0.3 is 5.97 Å². The van der Waals surface area contributed by atoms with E-state index in [4.69, 9.17) is 9.47 Å². The van der Waals surface area contributed by atoms with Gasteiger partial charge in [0.05, 0.1) is 25.3 Å². The number of imide groups is 1. The van der Waals surface area contributed by atoms with Crippen LogP contribution in [-0.2, 0) is 19.1 Å². The lowest BCUT2D eigenvalue weighted by Gasteiger charge is -2.30. The number of hydrogen-bond acceptors (Lipinski definition) is 7. The highest BCUT2D eigenvalue weighted by molar-refractivity contribution is 6.36. The number of rotatable bonds is 14. The maximum absolute atomic E-state index is 13.8. The topological polar surface area (TPSA) is 105 Å². The van der Waals surface area contributed by atoms with Gasteiger partial charge in [0.1, 0.15) is 18.4 Å². The molecule has 204 valence electrons. The molecule has 0 saturated heterocycles. The van der Waals surface area contributed by atoms with Crippen LogP contribution < -0.4 is 10.1 Å². The second kappa shape index (κ2) is 14.1. The number of amides is 2. The van der Waals surface area contributed by atoms with Crippen molar-refractivity contribution in [3.8, 4) is 5.75 Å². The molecule has 2 rings (SSSR count). The number of ether oxygens (including phenoxy) is 2. The number of carbonyl (C=O) groups excluding carboxylic acids is 3. The van der Waals surface area contributed by atoms with Gasteiger partial charge in [-0.15, -0.1) is 0 Å². The summed E-state index contributed by atoms with van der Waals surface area (Å²) in [6.45, 7) is 12.2. The summed E-state index contributed by atoms with van der Waals surface area (Å²) in [4.78, 5) is 40.8. The number of nitrogens with zero attached hydrogens (tertiary/aromatic N) is 1. The van der Waals surface area contributed by atoms with Crippen molar-refractivity contribution in [3.05, 3.63) is 47.1 Å². The van der Waals surface area contributed by atoms with E-state index in [9.17, 15) is 19.5 Å². The van der Waals surface area contributed by atoms with Gasteiger partial charge in [-0.3, -0.25) is 19.3 Å². The number of esters is 1. The maximum atomic E-state index is 13.8. The predicted octanol–water partition coefficient (Wildman–Crippen LogP) is 3.74. The zero-order chi connectivity index (χ0) is 27.7. The van der Waals surface area contributed by atoms with E-state index in [2.05, 4.69) is 5.32 Å². The summed E-state index contributed by atoms with van der Waals surface area (Å²) in [6.07, 6.45) is 3.00. The lowest BCUT2D eigenvalue weighted by Crippen LogP contribution is -2.51. The lowest BCUT2D eigenvalue weighted by atomic mass is 9.95. The second-order valence-corrected chi connectivity index (χ2v) is 10.5. The van der Waals surface area contributed by atoms with Crippen molar-refractivity contribution in [2.45, 2.75) is 66.5 Å². The molecule has 0 radical (unpaired) electrons. The molecule has 1 heterocycles. The predicted molar refractivity (Wildman–Crippen MR) is 144 cm³/mol. The highest BCUT2D eigenvalue weighted by Gasteiger charge is 2.42. The zero-order valence-electron chi connectivity index (χ0n) is 23.2. The number of methoxy groups -OCH3 is 1. The second-order valence-electron chi connectivity index (χ2n) is 10.5. The fourth-order valence-corrected chi connectivity index (χ4v) is 4.31. The first-order chi connectivity index (χ1) is 17.5. The van der Waals surface area contributed by atoms with Gasteiger partial charge in [-0.05, 0) is 62.3 Å². The van der Waals surface area contributed by atoms with Crippen molar-refractivity contribution in [1.29, 1.82) is 0 Å². The number of nitrogens with one attached hydrogen (secondary N) is 1. The molecule has 2 N–H and O–H groups in total. The van der Waals surface area contributed by atoms with Gasteiger partial charge in [0.15, 0.2) is 0 Å². The normalized spacial score (nSPS) is 15.5. The molecule has 2 amide bonds. The Kier molecular flexibility index (Phi) is 11.5. The number of aliphatic hydroxyl groups is 1. The van der Waals surface area contributed by atoms with Crippen LogP contribution in [0.25, 0.3) is 5.57 Å². The molecule has 8 nitrogen and oxygen atoms in total. The molecule has 2 atom stereocenters. The molecule has 0 saturated carbocycles. The van der Waals surface area contributed by atoms with Gasteiger partial charge in [0.25, 0.3) is 11.8 Å². The Labute approximate surface area is 220 Å². The van der Waals surface area contributed by atoms with Crippen molar-refractivity contribution >= 4 is 23.4 Å². The molecule has 37 heavy (non-hydrogen) atoms. The fraction of sp³-hybridized carbons (Fsp3) is 0.552. The van der Waals surface area contributed by atoms with Gasteiger partial charge < -0.3 is 19.9 Å². The van der Waals surface area contributed by atoms with E-state index >= 15 is 0 Å². The number of benzene rings is 1. The van der Waals surface area contributed by atoms with Gasteiger partial charge in [-0.1, -0.05) is 45.4 Å². The first-order valence-electron chi connectivity index (χ1n) is 12.9. The number of hydrogen-bond donors (Lipinski definition) is 2. The van der Waals surface area contributed by atoms with Crippen LogP contribution in [0.2, 0.25) is 0 Å². The van der Waals surface area contributed by atoms with Crippen LogP contribution in [0, 0.1) is 11.8 Å². The Morgan fingerprint density at radius 2 is 1.70 bits per heavy atom. The molecular weight excluding hydrogens is 472 g/mol. The molecule has 0 fully saturated rings. The molecule has 1 aliphatic heterocycles. The summed E-state index contributed by atoms with van der Waals surface area (Å²) in [6, 6.07) is 5.82. The van der Waals surface area contributed by atoms with Gasteiger partial charge in [-0.2, -0.15) is 0 Å². The standard InChI is InChI=1S/C29H42N2O6/c1-18(2)12-13-37-23-10-8-21(9-11-23)26-24(15-20(5)6)27(33)31(28(26)34)22(14-19(3)4)16-30-25(17-32)29(35)36-7/h8-12,19-20,22,25,30,32H,13-17H2,1-7H3. The van der Waals surface area contributed by atoms with Gasteiger partial charge in [0.2, 0.25) is 0 Å². The van der Waals surface area contributed by atoms with Crippen LogP contribution in [0.5, 0.6) is 5.75 Å². The van der Waals surface area contributed by atoms with Gasteiger partial charge in [-0.25, -0.2) is 0 Å². The van der Waals surface area contributed by atoms with E-state index in [1.54, 1.807) is 0 Å². The average Bonchev–Trinajstić information content (AvgIpc) is 3.07. The minimum atomic E-state index is -0.936. The van der Waals surface area contributed by atoms with Crippen LogP contribution in [0.4, 0.5) is 0 Å². The Balaban J connectivity index is 2.37. The molecule has 0 aliphatic carbocycles. The first kappa shape index (κ1) is 30.3. The third-order valence-corrected chi connectivity index (χ3v) is 6.09. The first-order valence-corrected chi connectivity index (χ1v) is 12.9. The average molecular weight is 515 g/mol. The van der Waals surface area contributed by atoms with E-state index in [1.165, 1.54) is 12.0 Å². The highest BCUT2D eigenvalue weighted by atomic mass is 16.5. The summed E-state index contributed by atoms with van der Waals surface area (Å²) in [5.74, 6) is -0.202. The Bertz CT molecular complexity index is 1010. The van der Waals surface area contributed by atoms with Crippen molar-refractivity contribution in [1.82, 2.24) is 10.2 Å². The molecule has 8 heteroatoms. The number of carbonyl (C=O) groups is 3. The van der Waals surface area contributed by atoms with Crippen LogP contribution in [0.3, 0.4) is 0 Å². The summed E-state index contributed by atoms with van der Waals surface area (Å²) in [5, 5.41) is 12.6. The Morgan fingerprint density at radius 3 is 2.22 bits per heavy atom. The van der Waals surface area contributed by atoms with E-state index in [1.807, 2.05) is 71.9 Å². The summed E-state index contributed by atoms with van der Waals surface area (Å²) in [7, 11) is 1.25. The Hall–Kier alpha value is -2.97. The van der Waals surface area contributed by atoms with Crippen LogP contribution in [-0.4, -0.2) is 66.7 Å². The summed E-state index contributed by atoms with van der Waals surface area (Å²) < 4.78 is 10.5. The van der Waals surface area contributed by atoms with Crippen molar-refractivity contribution in [3.63, 3.8) is 0 Å². The largest absolute Gasteiger partial charge is 0.490 e. The smallest absolute Gasteiger partial charge is 0.325 e. The molecule has 2 unspecified atom stereocenters. The lowest BCUT2D eigenvalue weighted by molar-refractivity contribution is -0.144. The Morgan fingerprint density at radius 1 is 1.05 bits per heavy atom. The van der Waals surface area contributed by atoms with Gasteiger partial charge in [0, 0.05) is 12.1 Å². The third kappa shape index (κ3) is 8.27. The molecule has 1 aliphatic rings. The maximum Gasteiger partial charge on any atom is 0.325 e.